The lowest BCUT2D eigenvalue weighted by molar-refractivity contribution is 0.0954. The molecule has 2 rings (SSSR count). The Morgan fingerprint density at radius 3 is 2.79 bits per heavy atom. The van der Waals surface area contributed by atoms with Crippen molar-refractivity contribution in [3.8, 4) is 0 Å². The summed E-state index contributed by atoms with van der Waals surface area (Å²) < 4.78 is 0. The maximum absolute atomic E-state index is 12.0. The van der Waals surface area contributed by atoms with Gasteiger partial charge in [0.2, 0.25) is 0 Å². The van der Waals surface area contributed by atoms with Gasteiger partial charge >= 0.3 is 0 Å². The topological polar surface area (TPSA) is 41.5 Å². The molecule has 1 aliphatic rings. The van der Waals surface area contributed by atoms with Gasteiger partial charge in [-0.15, -0.1) is 0 Å². The largest absolute Gasteiger partial charge is 0.271 e. The van der Waals surface area contributed by atoms with E-state index in [1.165, 1.54) is 18.4 Å². The first kappa shape index (κ1) is 13.8. The smallest absolute Gasteiger partial charge is 0.267 e. The molecule has 1 atom stereocenters. The molecular formula is C16H22N2O. The van der Waals surface area contributed by atoms with Crippen molar-refractivity contribution >= 4 is 11.6 Å². The van der Waals surface area contributed by atoms with Gasteiger partial charge < -0.3 is 0 Å². The van der Waals surface area contributed by atoms with Crippen LogP contribution in [0.1, 0.15) is 54.1 Å². The van der Waals surface area contributed by atoms with Crippen LogP contribution in [-0.4, -0.2) is 11.6 Å². The summed E-state index contributed by atoms with van der Waals surface area (Å²) in [7, 11) is 0. The van der Waals surface area contributed by atoms with Crippen molar-refractivity contribution in [1.29, 1.82) is 0 Å². The molecule has 0 spiro atoms. The van der Waals surface area contributed by atoms with Crippen LogP contribution in [0, 0.1) is 19.8 Å². The molecule has 0 aromatic heterocycles. The molecule has 1 amide bonds. The molecule has 1 aromatic rings. The van der Waals surface area contributed by atoms with E-state index in [1.807, 2.05) is 32.0 Å². The summed E-state index contributed by atoms with van der Waals surface area (Å²) in [6.45, 7) is 6.29. The molecule has 1 N–H and O–H groups in total. The van der Waals surface area contributed by atoms with Crippen LogP contribution in [0.2, 0.25) is 0 Å². The van der Waals surface area contributed by atoms with Gasteiger partial charge in [-0.25, -0.2) is 5.43 Å². The van der Waals surface area contributed by atoms with Gasteiger partial charge in [0.25, 0.3) is 5.91 Å². The summed E-state index contributed by atoms with van der Waals surface area (Å²) in [5.41, 5.74) is 6.81. The lowest BCUT2D eigenvalue weighted by atomic mass is 9.89. The minimum absolute atomic E-state index is 0.117. The molecule has 0 saturated heterocycles. The van der Waals surface area contributed by atoms with Gasteiger partial charge in [0.1, 0.15) is 0 Å². The van der Waals surface area contributed by atoms with Crippen LogP contribution < -0.4 is 5.43 Å². The van der Waals surface area contributed by atoms with Crippen LogP contribution in [0.25, 0.3) is 0 Å². The molecule has 0 heterocycles. The number of hydrogen-bond acceptors (Lipinski definition) is 2. The van der Waals surface area contributed by atoms with Crippen molar-refractivity contribution in [3.63, 3.8) is 0 Å². The third kappa shape index (κ3) is 3.66. The number of carbonyl (C=O) groups is 1. The molecular weight excluding hydrogens is 236 g/mol. The van der Waals surface area contributed by atoms with Crippen molar-refractivity contribution in [2.75, 3.05) is 0 Å². The fraction of sp³-hybridized carbons (Fsp3) is 0.500. The van der Waals surface area contributed by atoms with E-state index in [0.29, 0.717) is 11.5 Å². The minimum Gasteiger partial charge on any atom is -0.267 e. The van der Waals surface area contributed by atoms with Crippen molar-refractivity contribution in [2.24, 2.45) is 11.0 Å². The highest BCUT2D eigenvalue weighted by molar-refractivity contribution is 5.95. The SMILES string of the molecule is Cc1ccc(C(=O)N/N=C2\CCCC(C)C2)cc1C. The summed E-state index contributed by atoms with van der Waals surface area (Å²) in [6, 6.07) is 5.73. The summed E-state index contributed by atoms with van der Waals surface area (Å²) >= 11 is 0. The van der Waals surface area contributed by atoms with Gasteiger partial charge in [0.05, 0.1) is 0 Å². The summed E-state index contributed by atoms with van der Waals surface area (Å²) in [4.78, 5) is 12.0. The molecule has 3 heteroatoms. The second-order valence-electron chi connectivity index (χ2n) is 5.62. The molecule has 1 aromatic carbocycles. The number of hydrazone groups is 1. The Balaban J connectivity index is 2.00. The number of aryl methyl sites for hydroxylation is 2. The maximum Gasteiger partial charge on any atom is 0.271 e. The molecule has 3 nitrogen and oxygen atoms in total. The summed E-state index contributed by atoms with van der Waals surface area (Å²) in [5.74, 6) is 0.569. The maximum atomic E-state index is 12.0. The van der Waals surface area contributed by atoms with Gasteiger partial charge in [-0.3, -0.25) is 4.79 Å². The zero-order valence-electron chi connectivity index (χ0n) is 12.0. The van der Waals surface area contributed by atoms with Crippen LogP contribution in [0.5, 0.6) is 0 Å². The second kappa shape index (κ2) is 6.00. The second-order valence-corrected chi connectivity index (χ2v) is 5.62. The number of nitrogens with one attached hydrogen (secondary N) is 1. The van der Waals surface area contributed by atoms with Crippen LogP contribution in [0.3, 0.4) is 0 Å². The average molecular weight is 258 g/mol. The number of hydrogen-bond donors (Lipinski definition) is 1. The van der Waals surface area contributed by atoms with Gasteiger partial charge in [0.15, 0.2) is 0 Å². The molecule has 1 unspecified atom stereocenters. The fourth-order valence-corrected chi connectivity index (χ4v) is 2.44. The predicted molar refractivity (Wildman–Crippen MR) is 78.4 cm³/mol. The molecule has 0 aliphatic heterocycles. The lowest BCUT2D eigenvalue weighted by Crippen LogP contribution is -2.22. The lowest BCUT2D eigenvalue weighted by Gasteiger charge is -2.18. The van der Waals surface area contributed by atoms with E-state index >= 15 is 0 Å². The predicted octanol–water partition coefficient (Wildman–Crippen LogP) is 3.60. The first-order chi connectivity index (χ1) is 9.06. The quantitative estimate of drug-likeness (QED) is 0.809. The van der Waals surface area contributed by atoms with Crippen molar-refractivity contribution in [1.82, 2.24) is 5.43 Å². The first-order valence-corrected chi connectivity index (χ1v) is 6.99. The van der Waals surface area contributed by atoms with E-state index in [1.54, 1.807) is 0 Å². The highest BCUT2D eigenvalue weighted by Gasteiger charge is 2.14. The van der Waals surface area contributed by atoms with E-state index in [2.05, 4.69) is 17.5 Å². The highest BCUT2D eigenvalue weighted by Crippen LogP contribution is 2.21. The van der Waals surface area contributed by atoms with Gasteiger partial charge in [-0.1, -0.05) is 13.0 Å². The van der Waals surface area contributed by atoms with E-state index in [0.717, 1.165) is 24.1 Å². The molecule has 1 saturated carbocycles. The zero-order valence-corrected chi connectivity index (χ0v) is 12.0. The molecule has 102 valence electrons. The van der Waals surface area contributed by atoms with Gasteiger partial charge in [0, 0.05) is 11.3 Å². The van der Waals surface area contributed by atoms with E-state index in [-0.39, 0.29) is 5.91 Å². The Kier molecular flexibility index (Phi) is 4.35. The monoisotopic (exact) mass is 258 g/mol. The Morgan fingerprint density at radius 2 is 2.11 bits per heavy atom. The number of nitrogens with zero attached hydrogens (tertiary/aromatic N) is 1. The van der Waals surface area contributed by atoms with Crippen LogP contribution in [0.4, 0.5) is 0 Å². The van der Waals surface area contributed by atoms with Gasteiger partial charge in [-0.2, -0.15) is 5.10 Å². The Hall–Kier alpha value is -1.64. The normalized spacial score (nSPS) is 21.4. The first-order valence-electron chi connectivity index (χ1n) is 6.99. The van der Waals surface area contributed by atoms with Crippen molar-refractivity contribution < 1.29 is 4.79 Å². The Bertz CT molecular complexity index is 505. The summed E-state index contributed by atoms with van der Waals surface area (Å²) in [5, 5.41) is 4.28. The van der Waals surface area contributed by atoms with Crippen LogP contribution in [-0.2, 0) is 0 Å². The zero-order chi connectivity index (χ0) is 13.8. The third-order valence-corrected chi connectivity index (χ3v) is 3.83. The molecule has 19 heavy (non-hydrogen) atoms. The number of amides is 1. The van der Waals surface area contributed by atoms with Crippen LogP contribution in [0.15, 0.2) is 23.3 Å². The number of benzene rings is 1. The fourth-order valence-electron chi connectivity index (χ4n) is 2.44. The Morgan fingerprint density at radius 1 is 1.32 bits per heavy atom. The molecule has 1 fully saturated rings. The average Bonchev–Trinajstić information content (AvgIpc) is 2.39. The van der Waals surface area contributed by atoms with Gasteiger partial charge in [-0.05, 0) is 68.7 Å². The van der Waals surface area contributed by atoms with Crippen molar-refractivity contribution in [3.05, 3.63) is 34.9 Å². The molecule has 1 aliphatic carbocycles. The number of carbonyl (C=O) groups excluding carboxylic acids is 1. The minimum atomic E-state index is -0.117. The highest BCUT2D eigenvalue weighted by atomic mass is 16.2. The molecule has 0 radical (unpaired) electrons. The third-order valence-electron chi connectivity index (χ3n) is 3.83. The standard InChI is InChI=1S/C16H22N2O/c1-11-5-4-6-15(9-11)17-18-16(19)14-8-7-12(2)13(3)10-14/h7-8,10-11H,4-6,9H2,1-3H3,(H,18,19)/b17-15+. The Labute approximate surface area is 115 Å². The van der Waals surface area contributed by atoms with E-state index < -0.39 is 0 Å². The van der Waals surface area contributed by atoms with E-state index in [9.17, 15) is 4.79 Å². The molecule has 0 bridgehead atoms. The van der Waals surface area contributed by atoms with E-state index in [4.69, 9.17) is 0 Å². The summed E-state index contributed by atoms with van der Waals surface area (Å²) in [6.07, 6.45) is 4.47. The van der Waals surface area contributed by atoms with Crippen molar-refractivity contribution in [2.45, 2.75) is 46.5 Å². The van der Waals surface area contributed by atoms with Crippen LogP contribution >= 0.6 is 0 Å². The number of rotatable bonds is 2.